The molecule has 0 aliphatic carbocycles. The van der Waals surface area contributed by atoms with E-state index >= 15 is 0 Å². The highest BCUT2D eigenvalue weighted by Crippen LogP contribution is 2.18. The number of rotatable bonds is 46. The van der Waals surface area contributed by atoms with Crippen molar-refractivity contribution in [2.45, 2.75) is 291 Å². The molecule has 0 aliphatic heterocycles. The molecule has 58 heavy (non-hydrogen) atoms. The number of hydrogen-bond acceptors (Lipinski definition) is 6. The molecule has 1 unspecified atom stereocenters. The predicted molar refractivity (Wildman–Crippen MR) is 247 cm³/mol. The van der Waals surface area contributed by atoms with Crippen LogP contribution < -0.4 is 0 Å². The Hall–Kier alpha value is -1.59. The number of ether oxygens (including phenoxy) is 3. The molecule has 6 nitrogen and oxygen atoms in total. The second-order valence-electron chi connectivity index (χ2n) is 18.5. The number of hydrogen-bond donors (Lipinski definition) is 0. The quantitative estimate of drug-likeness (QED) is 0.0346. The zero-order chi connectivity index (χ0) is 42.6. The van der Waals surface area contributed by atoms with Crippen LogP contribution >= 0.6 is 0 Å². The smallest absolute Gasteiger partial charge is 0.306 e. The molecule has 0 aromatic heterocycles. The third kappa shape index (κ3) is 44.0. The standard InChI is InChI=1S/C52H100O6/c1-6-8-9-10-11-12-22-27-32-37-42-50(53)56-45-49(58-52(55)44-39-34-29-24-19-20-25-30-35-40-47(3)4)46-57-51(54)43-38-33-28-23-18-16-14-13-15-17-21-26-31-36-41-48(5)7-2/h47-49H,6-46H2,1-5H3/t48?,49-/m1/s1. The van der Waals surface area contributed by atoms with Crippen molar-refractivity contribution in [2.75, 3.05) is 13.2 Å². The normalized spacial score (nSPS) is 12.5. The summed E-state index contributed by atoms with van der Waals surface area (Å²) in [5.74, 6) is 0.851. The summed E-state index contributed by atoms with van der Waals surface area (Å²) in [4.78, 5) is 37.9. The Morgan fingerprint density at radius 1 is 0.362 bits per heavy atom. The fourth-order valence-electron chi connectivity index (χ4n) is 7.78. The summed E-state index contributed by atoms with van der Waals surface area (Å²) in [6, 6.07) is 0. The monoisotopic (exact) mass is 821 g/mol. The Kier molecular flexibility index (Phi) is 43.7. The molecule has 0 aliphatic rings. The maximum Gasteiger partial charge on any atom is 0.306 e. The molecular weight excluding hydrogens is 721 g/mol. The van der Waals surface area contributed by atoms with Gasteiger partial charge in [0.25, 0.3) is 0 Å². The van der Waals surface area contributed by atoms with E-state index in [4.69, 9.17) is 14.2 Å². The van der Waals surface area contributed by atoms with E-state index in [0.717, 1.165) is 69.6 Å². The van der Waals surface area contributed by atoms with Crippen molar-refractivity contribution in [3.8, 4) is 0 Å². The van der Waals surface area contributed by atoms with Crippen molar-refractivity contribution in [3.05, 3.63) is 0 Å². The minimum atomic E-state index is -0.761. The van der Waals surface area contributed by atoms with Gasteiger partial charge in [0.15, 0.2) is 6.10 Å². The Labute approximate surface area is 361 Å². The van der Waals surface area contributed by atoms with Crippen LogP contribution in [0.4, 0.5) is 0 Å². The third-order valence-corrected chi connectivity index (χ3v) is 12.1. The van der Waals surface area contributed by atoms with Gasteiger partial charge in [-0.15, -0.1) is 0 Å². The minimum Gasteiger partial charge on any atom is -0.462 e. The van der Waals surface area contributed by atoms with Gasteiger partial charge in [0.05, 0.1) is 0 Å². The second-order valence-corrected chi connectivity index (χ2v) is 18.5. The molecule has 6 heteroatoms. The lowest BCUT2D eigenvalue weighted by molar-refractivity contribution is -0.167. The first kappa shape index (κ1) is 56.4. The Morgan fingerprint density at radius 2 is 0.655 bits per heavy atom. The molecule has 0 rings (SSSR count). The average Bonchev–Trinajstić information content (AvgIpc) is 3.21. The molecule has 2 atom stereocenters. The Balaban J connectivity index is 4.26. The van der Waals surface area contributed by atoms with Crippen LogP contribution in [0.15, 0.2) is 0 Å². The molecule has 0 amide bonds. The molecule has 344 valence electrons. The van der Waals surface area contributed by atoms with E-state index in [-0.39, 0.29) is 31.1 Å². The first-order valence-corrected chi connectivity index (χ1v) is 25.8. The van der Waals surface area contributed by atoms with Crippen molar-refractivity contribution in [1.82, 2.24) is 0 Å². The van der Waals surface area contributed by atoms with E-state index in [1.165, 1.54) is 173 Å². The van der Waals surface area contributed by atoms with Crippen molar-refractivity contribution >= 4 is 17.9 Å². The molecule has 0 radical (unpaired) electrons. The summed E-state index contributed by atoms with van der Waals surface area (Å²) >= 11 is 0. The van der Waals surface area contributed by atoms with E-state index in [9.17, 15) is 14.4 Å². The highest BCUT2D eigenvalue weighted by molar-refractivity contribution is 5.71. The molecular formula is C52H100O6. The SMILES string of the molecule is CCCCCCCCCCCCC(=O)OC[C@H](COC(=O)CCCCCCCCCCCCCCCCC(C)CC)OC(=O)CCCCCCCCCCCC(C)C. The van der Waals surface area contributed by atoms with Gasteiger partial charge in [0, 0.05) is 19.3 Å². The number of unbranched alkanes of at least 4 members (excludes halogenated alkanes) is 30. The van der Waals surface area contributed by atoms with E-state index in [1.807, 2.05) is 0 Å². The zero-order valence-corrected chi connectivity index (χ0v) is 39.7. The lowest BCUT2D eigenvalue weighted by Gasteiger charge is -2.18. The van der Waals surface area contributed by atoms with Crippen LogP contribution in [-0.2, 0) is 28.6 Å². The predicted octanol–water partition coefficient (Wildman–Crippen LogP) is 16.5. The molecule has 0 fully saturated rings. The fourth-order valence-corrected chi connectivity index (χ4v) is 7.78. The van der Waals surface area contributed by atoms with Crippen LogP contribution in [-0.4, -0.2) is 37.2 Å². The van der Waals surface area contributed by atoms with Gasteiger partial charge in [-0.1, -0.05) is 247 Å². The zero-order valence-electron chi connectivity index (χ0n) is 39.7. The van der Waals surface area contributed by atoms with Crippen molar-refractivity contribution in [2.24, 2.45) is 11.8 Å². The third-order valence-electron chi connectivity index (χ3n) is 12.1. The van der Waals surface area contributed by atoms with Gasteiger partial charge in [0.1, 0.15) is 13.2 Å². The van der Waals surface area contributed by atoms with E-state index in [2.05, 4.69) is 34.6 Å². The van der Waals surface area contributed by atoms with Crippen molar-refractivity contribution in [1.29, 1.82) is 0 Å². The minimum absolute atomic E-state index is 0.0640. The van der Waals surface area contributed by atoms with Gasteiger partial charge in [0.2, 0.25) is 0 Å². The summed E-state index contributed by atoms with van der Waals surface area (Å²) in [7, 11) is 0. The molecule has 0 saturated carbocycles. The van der Waals surface area contributed by atoms with Gasteiger partial charge in [-0.25, -0.2) is 0 Å². The lowest BCUT2D eigenvalue weighted by atomic mass is 9.99. The highest BCUT2D eigenvalue weighted by Gasteiger charge is 2.19. The summed E-state index contributed by atoms with van der Waals surface area (Å²) in [5, 5.41) is 0. The summed E-state index contributed by atoms with van der Waals surface area (Å²) in [6.45, 7) is 11.4. The average molecular weight is 821 g/mol. The van der Waals surface area contributed by atoms with Gasteiger partial charge < -0.3 is 14.2 Å². The second kappa shape index (κ2) is 44.9. The maximum absolute atomic E-state index is 12.7. The molecule has 0 aromatic rings. The van der Waals surface area contributed by atoms with Crippen LogP contribution in [0.5, 0.6) is 0 Å². The van der Waals surface area contributed by atoms with Crippen LogP contribution in [0, 0.1) is 11.8 Å². The fraction of sp³-hybridized carbons (Fsp3) is 0.942. The Bertz CT molecular complexity index is 887. The van der Waals surface area contributed by atoms with E-state index in [1.54, 1.807) is 0 Å². The van der Waals surface area contributed by atoms with E-state index in [0.29, 0.717) is 19.3 Å². The van der Waals surface area contributed by atoms with Crippen LogP contribution in [0.25, 0.3) is 0 Å². The first-order valence-electron chi connectivity index (χ1n) is 25.8. The van der Waals surface area contributed by atoms with Gasteiger partial charge in [-0.05, 0) is 31.1 Å². The molecule has 0 N–H and O–H groups in total. The topological polar surface area (TPSA) is 78.9 Å². The van der Waals surface area contributed by atoms with Crippen LogP contribution in [0.2, 0.25) is 0 Å². The largest absolute Gasteiger partial charge is 0.462 e. The van der Waals surface area contributed by atoms with Crippen LogP contribution in [0.3, 0.4) is 0 Å². The summed E-state index contributed by atoms with van der Waals surface area (Å²) in [5.41, 5.74) is 0. The highest BCUT2D eigenvalue weighted by atomic mass is 16.6. The first-order chi connectivity index (χ1) is 28.3. The molecule has 0 heterocycles. The summed E-state index contributed by atoms with van der Waals surface area (Å²) in [6.07, 6.45) is 45.1. The number of carbonyl (C=O) groups excluding carboxylic acids is 3. The molecule has 0 bridgehead atoms. The van der Waals surface area contributed by atoms with Crippen LogP contribution in [0.1, 0.15) is 285 Å². The Morgan fingerprint density at radius 3 is 0.983 bits per heavy atom. The van der Waals surface area contributed by atoms with Gasteiger partial charge in [-0.3, -0.25) is 14.4 Å². The number of esters is 3. The van der Waals surface area contributed by atoms with Gasteiger partial charge >= 0.3 is 17.9 Å². The molecule has 0 saturated heterocycles. The lowest BCUT2D eigenvalue weighted by Crippen LogP contribution is -2.30. The van der Waals surface area contributed by atoms with Crippen molar-refractivity contribution < 1.29 is 28.6 Å². The maximum atomic E-state index is 12.7. The molecule has 0 aromatic carbocycles. The summed E-state index contributed by atoms with van der Waals surface area (Å²) < 4.78 is 16.8. The van der Waals surface area contributed by atoms with Crippen molar-refractivity contribution in [3.63, 3.8) is 0 Å². The van der Waals surface area contributed by atoms with Gasteiger partial charge in [-0.2, -0.15) is 0 Å². The van der Waals surface area contributed by atoms with E-state index < -0.39 is 6.10 Å². The number of carbonyl (C=O) groups is 3. The molecule has 0 spiro atoms.